The van der Waals surface area contributed by atoms with Gasteiger partial charge in [-0.1, -0.05) is 54.6 Å². The van der Waals surface area contributed by atoms with E-state index >= 15 is 0 Å². The first-order valence-corrected chi connectivity index (χ1v) is 11.8. The zero-order valence-corrected chi connectivity index (χ0v) is 19.1. The van der Waals surface area contributed by atoms with E-state index in [2.05, 4.69) is 63.6 Å². The predicted octanol–water partition coefficient (Wildman–Crippen LogP) is 3.92. The van der Waals surface area contributed by atoms with Crippen molar-refractivity contribution < 1.29 is 9.53 Å². The molecule has 5 rings (SSSR count). The Bertz CT molecular complexity index is 1100. The van der Waals surface area contributed by atoms with Gasteiger partial charge >= 0.3 is 0 Å². The lowest BCUT2D eigenvalue weighted by Gasteiger charge is -2.49. The summed E-state index contributed by atoms with van der Waals surface area (Å²) in [5.41, 5.74) is 4.94. The molecule has 2 aliphatic rings. The van der Waals surface area contributed by atoms with Gasteiger partial charge in [-0.05, 0) is 42.2 Å². The number of fused-ring (bicyclic) bond motifs is 3. The van der Waals surface area contributed by atoms with Gasteiger partial charge in [0.15, 0.2) is 0 Å². The van der Waals surface area contributed by atoms with Crippen LogP contribution in [0.4, 0.5) is 11.4 Å². The number of anilines is 2. The number of methoxy groups -OCH3 is 1. The number of hydrogen-bond donors (Lipinski definition) is 1. The van der Waals surface area contributed by atoms with E-state index in [1.807, 2.05) is 30.3 Å². The van der Waals surface area contributed by atoms with Crippen molar-refractivity contribution in [2.45, 2.75) is 18.9 Å². The topological polar surface area (TPSA) is 44.8 Å². The quantitative estimate of drug-likeness (QED) is 0.630. The number of carbonyl (C=O) groups excluding carboxylic acids is 1. The molecule has 33 heavy (non-hydrogen) atoms. The van der Waals surface area contributed by atoms with Crippen molar-refractivity contribution in [2.24, 2.45) is 5.92 Å². The van der Waals surface area contributed by atoms with Gasteiger partial charge < -0.3 is 19.9 Å². The Kier molecular flexibility index (Phi) is 6.20. The van der Waals surface area contributed by atoms with Gasteiger partial charge in [0.05, 0.1) is 19.1 Å². The highest BCUT2D eigenvalue weighted by Gasteiger charge is 2.41. The lowest BCUT2D eigenvalue weighted by molar-refractivity contribution is -0.125. The lowest BCUT2D eigenvalue weighted by Crippen LogP contribution is -2.61. The van der Waals surface area contributed by atoms with Crippen molar-refractivity contribution in [1.29, 1.82) is 0 Å². The summed E-state index contributed by atoms with van der Waals surface area (Å²) in [7, 11) is 1.70. The summed E-state index contributed by atoms with van der Waals surface area (Å²) in [6, 6.07) is 27.2. The fourth-order valence-corrected chi connectivity index (χ4v) is 5.20. The van der Waals surface area contributed by atoms with Crippen molar-refractivity contribution in [3.8, 4) is 5.75 Å². The van der Waals surface area contributed by atoms with E-state index in [9.17, 15) is 4.79 Å². The molecule has 0 unspecified atom stereocenters. The van der Waals surface area contributed by atoms with Crippen LogP contribution < -0.4 is 19.9 Å². The van der Waals surface area contributed by atoms with Gasteiger partial charge in [-0.25, -0.2) is 0 Å². The molecular weight excluding hydrogens is 410 g/mol. The summed E-state index contributed by atoms with van der Waals surface area (Å²) in [6.07, 6.45) is 1.63. The molecular formula is C28H31N3O2. The standard InChI is InChI=1S/C28H31N3O2/c1-33-24-12-7-11-23(19-24)30-16-17-31-26-13-6-5-10-22(26)18-25(27(31)20-30)28(32)29-15-14-21-8-3-2-4-9-21/h2-13,19,25,27H,14-18,20H2,1H3,(H,29,32)/t25-,27-/m1/s1. The molecule has 1 amide bonds. The number of nitrogens with one attached hydrogen (secondary N) is 1. The lowest BCUT2D eigenvalue weighted by atomic mass is 9.83. The Labute approximate surface area is 196 Å². The number of carbonyl (C=O) groups is 1. The molecule has 1 saturated heterocycles. The van der Waals surface area contributed by atoms with E-state index in [1.165, 1.54) is 16.8 Å². The summed E-state index contributed by atoms with van der Waals surface area (Å²) in [5, 5.41) is 3.23. The fraction of sp³-hybridized carbons (Fsp3) is 0.321. The summed E-state index contributed by atoms with van der Waals surface area (Å²) >= 11 is 0. The highest BCUT2D eigenvalue weighted by Crippen LogP contribution is 2.37. The number of para-hydroxylation sites is 1. The van der Waals surface area contributed by atoms with Crippen LogP contribution in [0.5, 0.6) is 5.75 Å². The van der Waals surface area contributed by atoms with Crippen LogP contribution in [0.2, 0.25) is 0 Å². The smallest absolute Gasteiger partial charge is 0.225 e. The molecule has 5 heteroatoms. The first-order valence-electron chi connectivity index (χ1n) is 11.8. The zero-order chi connectivity index (χ0) is 22.6. The number of piperazine rings is 1. The van der Waals surface area contributed by atoms with Gasteiger partial charge in [-0.2, -0.15) is 0 Å². The monoisotopic (exact) mass is 441 g/mol. The van der Waals surface area contributed by atoms with Gasteiger partial charge in [0.2, 0.25) is 5.91 Å². The van der Waals surface area contributed by atoms with Gasteiger partial charge in [-0.15, -0.1) is 0 Å². The van der Waals surface area contributed by atoms with E-state index in [1.54, 1.807) is 7.11 Å². The van der Waals surface area contributed by atoms with E-state index in [4.69, 9.17) is 4.74 Å². The summed E-state index contributed by atoms with van der Waals surface area (Å²) < 4.78 is 5.44. The molecule has 3 aromatic rings. The van der Waals surface area contributed by atoms with E-state index < -0.39 is 0 Å². The van der Waals surface area contributed by atoms with E-state index in [0.717, 1.165) is 43.9 Å². The molecule has 0 saturated carbocycles. The molecule has 0 radical (unpaired) electrons. The molecule has 2 atom stereocenters. The highest BCUT2D eigenvalue weighted by atomic mass is 16.5. The largest absolute Gasteiger partial charge is 0.497 e. The molecule has 0 aliphatic carbocycles. The Hall–Kier alpha value is -3.47. The minimum atomic E-state index is -0.0796. The van der Waals surface area contributed by atoms with E-state index in [0.29, 0.717) is 6.54 Å². The molecule has 3 aromatic carbocycles. The molecule has 5 nitrogen and oxygen atoms in total. The van der Waals surface area contributed by atoms with Gasteiger partial charge in [0.25, 0.3) is 0 Å². The highest BCUT2D eigenvalue weighted by molar-refractivity contribution is 5.82. The maximum absolute atomic E-state index is 13.4. The Balaban J connectivity index is 1.35. The third kappa shape index (κ3) is 4.54. The summed E-state index contributed by atoms with van der Waals surface area (Å²) in [6.45, 7) is 3.29. The first-order chi connectivity index (χ1) is 16.2. The van der Waals surface area contributed by atoms with Crippen LogP contribution in [0.25, 0.3) is 0 Å². The summed E-state index contributed by atoms with van der Waals surface area (Å²) in [4.78, 5) is 18.3. The van der Waals surface area contributed by atoms with Crippen molar-refractivity contribution in [1.82, 2.24) is 5.32 Å². The third-order valence-electron chi connectivity index (χ3n) is 6.93. The van der Waals surface area contributed by atoms with Crippen LogP contribution >= 0.6 is 0 Å². The van der Waals surface area contributed by atoms with Crippen LogP contribution in [-0.2, 0) is 17.6 Å². The van der Waals surface area contributed by atoms with Crippen LogP contribution in [0, 0.1) is 5.92 Å². The molecule has 0 bridgehead atoms. The minimum Gasteiger partial charge on any atom is -0.497 e. The first kappa shape index (κ1) is 21.4. The molecule has 1 N–H and O–H groups in total. The molecule has 2 heterocycles. The van der Waals surface area contributed by atoms with Gasteiger partial charge in [0.1, 0.15) is 5.75 Å². The van der Waals surface area contributed by atoms with Crippen LogP contribution in [0.15, 0.2) is 78.9 Å². The van der Waals surface area contributed by atoms with Crippen molar-refractivity contribution in [3.63, 3.8) is 0 Å². The number of hydrogen-bond acceptors (Lipinski definition) is 4. The van der Waals surface area contributed by atoms with Crippen LogP contribution in [0.1, 0.15) is 11.1 Å². The SMILES string of the molecule is COc1cccc(N2CCN3c4ccccc4C[C@@H](C(=O)NCCc4ccccc4)[C@H]3C2)c1. The maximum atomic E-state index is 13.4. The summed E-state index contributed by atoms with van der Waals surface area (Å²) in [5.74, 6) is 0.936. The molecule has 0 aromatic heterocycles. The average Bonchev–Trinajstić information content (AvgIpc) is 2.88. The van der Waals surface area contributed by atoms with E-state index in [-0.39, 0.29) is 17.9 Å². The Morgan fingerprint density at radius 3 is 2.67 bits per heavy atom. The number of benzene rings is 3. The number of amides is 1. The molecule has 170 valence electrons. The average molecular weight is 442 g/mol. The third-order valence-corrected chi connectivity index (χ3v) is 6.93. The predicted molar refractivity (Wildman–Crippen MR) is 133 cm³/mol. The minimum absolute atomic E-state index is 0.0796. The second-order valence-electron chi connectivity index (χ2n) is 8.87. The van der Waals surface area contributed by atoms with Crippen molar-refractivity contribution in [3.05, 3.63) is 90.0 Å². The van der Waals surface area contributed by atoms with Gasteiger partial charge in [0, 0.05) is 43.6 Å². The number of ether oxygens (including phenoxy) is 1. The Morgan fingerprint density at radius 2 is 1.82 bits per heavy atom. The molecule has 2 aliphatic heterocycles. The van der Waals surface area contributed by atoms with Crippen LogP contribution in [-0.4, -0.2) is 45.2 Å². The maximum Gasteiger partial charge on any atom is 0.225 e. The van der Waals surface area contributed by atoms with Crippen molar-refractivity contribution in [2.75, 3.05) is 43.1 Å². The van der Waals surface area contributed by atoms with Crippen LogP contribution in [0.3, 0.4) is 0 Å². The van der Waals surface area contributed by atoms with Crippen molar-refractivity contribution >= 4 is 17.3 Å². The number of nitrogens with zero attached hydrogens (tertiary/aromatic N) is 2. The van der Waals surface area contributed by atoms with Gasteiger partial charge in [-0.3, -0.25) is 4.79 Å². The fourth-order valence-electron chi connectivity index (χ4n) is 5.20. The Morgan fingerprint density at radius 1 is 1.00 bits per heavy atom. The second-order valence-corrected chi connectivity index (χ2v) is 8.87. The molecule has 0 spiro atoms. The second kappa shape index (κ2) is 9.57. The number of rotatable bonds is 6. The normalized spacial score (nSPS) is 19.4. The zero-order valence-electron chi connectivity index (χ0n) is 19.1. The molecule has 1 fully saturated rings.